The predicted octanol–water partition coefficient (Wildman–Crippen LogP) is 2.68. The molecule has 2 rings (SSSR count). The van der Waals surface area contributed by atoms with Crippen LogP contribution in [-0.2, 0) is 4.79 Å². The van der Waals surface area contributed by atoms with E-state index in [9.17, 15) is 4.79 Å². The Balaban J connectivity index is 1.94. The van der Waals surface area contributed by atoms with Gasteiger partial charge in [-0.15, -0.1) is 0 Å². The summed E-state index contributed by atoms with van der Waals surface area (Å²) in [5, 5.41) is 12.9. The third kappa shape index (κ3) is 3.73. The van der Waals surface area contributed by atoms with Crippen molar-refractivity contribution in [2.75, 3.05) is 5.75 Å². The first kappa shape index (κ1) is 12.4. The lowest BCUT2D eigenvalue weighted by Crippen LogP contribution is -2.00. The van der Waals surface area contributed by atoms with E-state index < -0.39 is 5.97 Å². The molecule has 0 saturated heterocycles. The molecule has 0 unspecified atom stereocenters. The Morgan fingerprint density at radius 1 is 1.35 bits per heavy atom. The summed E-state index contributed by atoms with van der Waals surface area (Å²) in [4.78, 5) is 14.7. The van der Waals surface area contributed by atoms with E-state index in [2.05, 4.69) is 10.1 Å². The van der Waals surface area contributed by atoms with Gasteiger partial charge in [0.25, 0.3) is 5.22 Å². The van der Waals surface area contributed by atoms with Crippen molar-refractivity contribution in [2.45, 2.75) is 49.7 Å². The second-order valence-electron chi connectivity index (χ2n) is 4.29. The number of aliphatic carboxylic acids is 1. The van der Waals surface area contributed by atoms with Crippen molar-refractivity contribution in [3.63, 3.8) is 0 Å². The van der Waals surface area contributed by atoms with E-state index >= 15 is 0 Å². The average Bonchev–Trinajstić information content (AvgIpc) is 2.60. The molecule has 0 spiro atoms. The van der Waals surface area contributed by atoms with Gasteiger partial charge in [0, 0.05) is 5.92 Å². The molecular weight excluding hydrogens is 240 g/mol. The molecule has 0 aromatic carbocycles. The first-order valence-electron chi connectivity index (χ1n) is 5.94. The van der Waals surface area contributed by atoms with E-state index in [0.717, 1.165) is 30.4 Å². The topological polar surface area (TPSA) is 76.2 Å². The fourth-order valence-corrected chi connectivity index (χ4v) is 2.60. The third-order valence-electron chi connectivity index (χ3n) is 2.96. The van der Waals surface area contributed by atoms with E-state index in [1.165, 1.54) is 25.7 Å². The summed E-state index contributed by atoms with van der Waals surface area (Å²) >= 11 is 1.08. The Morgan fingerprint density at radius 2 is 2.06 bits per heavy atom. The smallest absolute Gasteiger partial charge is 0.314 e. The number of nitrogens with zero attached hydrogens (tertiary/aromatic N) is 2. The Morgan fingerprint density at radius 3 is 2.71 bits per heavy atom. The normalized spacial score (nSPS) is 17.9. The predicted molar refractivity (Wildman–Crippen MR) is 63.1 cm³/mol. The lowest BCUT2D eigenvalue weighted by Gasteiger charge is -2.07. The van der Waals surface area contributed by atoms with Crippen molar-refractivity contribution in [2.24, 2.45) is 0 Å². The van der Waals surface area contributed by atoms with Crippen LogP contribution in [0.4, 0.5) is 0 Å². The number of thioether (sulfide) groups is 1. The summed E-state index contributed by atoms with van der Waals surface area (Å²) in [6.07, 6.45) is 7.24. The van der Waals surface area contributed by atoms with Crippen LogP contribution in [0.3, 0.4) is 0 Å². The standard InChI is InChI=1S/C11H16N2O3S/c14-9(15)7-17-11-12-10(13-16-11)8-5-3-1-2-4-6-8/h8H,1-7H2,(H,14,15). The lowest BCUT2D eigenvalue weighted by atomic mass is 10.00. The zero-order valence-electron chi connectivity index (χ0n) is 9.59. The number of carboxylic acids is 1. The third-order valence-corrected chi connectivity index (χ3v) is 3.77. The molecule has 1 saturated carbocycles. The van der Waals surface area contributed by atoms with Gasteiger partial charge in [0.1, 0.15) is 5.75 Å². The summed E-state index contributed by atoms with van der Waals surface area (Å²) in [7, 11) is 0. The van der Waals surface area contributed by atoms with Gasteiger partial charge < -0.3 is 9.63 Å². The van der Waals surface area contributed by atoms with Gasteiger partial charge >= 0.3 is 5.97 Å². The molecule has 17 heavy (non-hydrogen) atoms. The average molecular weight is 256 g/mol. The second-order valence-corrected chi connectivity index (χ2v) is 5.22. The first-order valence-corrected chi connectivity index (χ1v) is 6.92. The Bertz CT molecular complexity index is 373. The van der Waals surface area contributed by atoms with Crippen molar-refractivity contribution in [1.29, 1.82) is 0 Å². The first-order chi connectivity index (χ1) is 8.25. The fourth-order valence-electron chi connectivity index (χ4n) is 2.11. The summed E-state index contributed by atoms with van der Waals surface area (Å²) in [6, 6.07) is 0. The highest BCUT2D eigenvalue weighted by molar-refractivity contribution is 7.99. The maximum atomic E-state index is 10.4. The lowest BCUT2D eigenvalue weighted by molar-refractivity contribution is -0.133. The Hall–Kier alpha value is -1.04. The van der Waals surface area contributed by atoms with Crippen molar-refractivity contribution in [1.82, 2.24) is 10.1 Å². The molecule has 1 heterocycles. The number of carboxylic acid groups (broad SMARTS) is 1. The molecule has 1 aliphatic carbocycles. The minimum absolute atomic E-state index is 0.0354. The molecule has 5 nitrogen and oxygen atoms in total. The molecule has 1 aromatic rings. The fraction of sp³-hybridized carbons (Fsp3) is 0.727. The van der Waals surface area contributed by atoms with Crippen molar-refractivity contribution < 1.29 is 14.4 Å². The molecule has 0 bridgehead atoms. The van der Waals surface area contributed by atoms with Gasteiger partial charge in [-0.3, -0.25) is 4.79 Å². The van der Waals surface area contributed by atoms with Crippen LogP contribution in [0, 0.1) is 0 Å². The largest absolute Gasteiger partial charge is 0.481 e. The van der Waals surface area contributed by atoms with Gasteiger partial charge in [-0.05, 0) is 12.8 Å². The minimum Gasteiger partial charge on any atom is -0.481 e. The maximum Gasteiger partial charge on any atom is 0.314 e. The van der Waals surface area contributed by atoms with Gasteiger partial charge in [-0.2, -0.15) is 4.98 Å². The highest BCUT2D eigenvalue weighted by Crippen LogP contribution is 2.30. The van der Waals surface area contributed by atoms with Crippen LogP contribution in [0.25, 0.3) is 0 Å². The van der Waals surface area contributed by atoms with E-state index in [4.69, 9.17) is 9.63 Å². The molecule has 0 aliphatic heterocycles. The molecule has 94 valence electrons. The highest BCUT2D eigenvalue weighted by Gasteiger charge is 2.20. The molecule has 6 heteroatoms. The highest BCUT2D eigenvalue weighted by atomic mass is 32.2. The second kappa shape index (κ2) is 6.05. The van der Waals surface area contributed by atoms with Gasteiger partial charge in [0.15, 0.2) is 5.82 Å². The van der Waals surface area contributed by atoms with Crippen LogP contribution in [-0.4, -0.2) is 27.0 Å². The molecule has 1 N–H and O–H groups in total. The van der Waals surface area contributed by atoms with E-state index in [1.54, 1.807) is 0 Å². The monoisotopic (exact) mass is 256 g/mol. The van der Waals surface area contributed by atoms with Crippen molar-refractivity contribution in [3.8, 4) is 0 Å². The van der Waals surface area contributed by atoms with E-state index in [-0.39, 0.29) is 5.75 Å². The number of carbonyl (C=O) groups is 1. The van der Waals surface area contributed by atoms with Crippen molar-refractivity contribution >= 4 is 17.7 Å². The molecule has 1 aromatic heterocycles. The van der Waals surface area contributed by atoms with Crippen LogP contribution < -0.4 is 0 Å². The molecule has 1 fully saturated rings. The van der Waals surface area contributed by atoms with Crippen LogP contribution in [0.5, 0.6) is 0 Å². The molecule has 0 amide bonds. The summed E-state index contributed by atoms with van der Waals surface area (Å²) in [6.45, 7) is 0. The van der Waals surface area contributed by atoms with Crippen LogP contribution >= 0.6 is 11.8 Å². The quantitative estimate of drug-likeness (QED) is 0.659. The molecule has 1 aliphatic rings. The van der Waals surface area contributed by atoms with E-state index in [0.29, 0.717) is 11.1 Å². The zero-order chi connectivity index (χ0) is 12.1. The van der Waals surface area contributed by atoms with Gasteiger partial charge in [0.05, 0.1) is 0 Å². The van der Waals surface area contributed by atoms with Gasteiger partial charge in [-0.1, -0.05) is 42.6 Å². The SMILES string of the molecule is O=C(O)CSc1nc(C2CCCCCC2)no1. The molecular formula is C11H16N2O3S. The number of hydrogen-bond donors (Lipinski definition) is 1. The molecule has 0 atom stereocenters. The Labute approximate surface area is 104 Å². The number of hydrogen-bond acceptors (Lipinski definition) is 5. The number of rotatable bonds is 4. The zero-order valence-corrected chi connectivity index (χ0v) is 10.4. The summed E-state index contributed by atoms with van der Waals surface area (Å²) in [5.41, 5.74) is 0. The Kier molecular flexibility index (Phi) is 4.42. The molecule has 0 radical (unpaired) electrons. The van der Waals surface area contributed by atoms with Gasteiger partial charge in [0.2, 0.25) is 0 Å². The summed E-state index contributed by atoms with van der Waals surface area (Å²) < 4.78 is 5.05. The minimum atomic E-state index is -0.871. The van der Waals surface area contributed by atoms with E-state index in [1.807, 2.05) is 0 Å². The van der Waals surface area contributed by atoms with Crippen LogP contribution in [0.15, 0.2) is 9.75 Å². The van der Waals surface area contributed by atoms with Crippen molar-refractivity contribution in [3.05, 3.63) is 5.82 Å². The van der Waals surface area contributed by atoms with Gasteiger partial charge in [-0.25, -0.2) is 0 Å². The number of aromatic nitrogens is 2. The summed E-state index contributed by atoms with van der Waals surface area (Å²) in [5.74, 6) is 0.233. The van der Waals surface area contributed by atoms with Crippen LogP contribution in [0.1, 0.15) is 50.3 Å². The maximum absolute atomic E-state index is 10.4. The van der Waals surface area contributed by atoms with Crippen LogP contribution in [0.2, 0.25) is 0 Å².